The van der Waals surface area contributed by atoms with E-state index in [9.17, 15) is 21.6 Å². The molecule has 0 aromatic heterocycles. The highest BCUT2D eigenvalue weighted by Crippen LogP contribution is 2.36. The van der Waals surface area contributed by atoms with Crippen molar-refractivity contribution >= 4 is 48.9 Å². The lowest BCUT2D eigenvalue weighted by atomic mass is 9.87. The molecule has 9 nitrogen and oxygen atoms in total. The van der Waals surface area contributed by atoms with Crippen molar-refractivity contribution in [3.8, 4) is 0 Å². The standard InChI is InChI=1S/C27H35ClN4O5S2/c1-3-39(36,37)31-22-10-6-9-20(15-22)18-32-14-13-26(30-32)29-27(33)23(16-19-7-4-5-8-19)21-11-12-25(24(28)17-21)38(2,34)35/h6,9-12,15,17,19,23,31H,3-5,7-8,13-14,16,18H2,1-2H3,(H,29,30,33)/t23-/m1/s1. The second kappa shape index (κ2) is 12.3. The minimum absolute atomic E-state index is 0.00744. The fraction of sp³-hybridized carbons (Fsp3) is 0.481. The minimum atomic E-state index is -3.47. The van der Waals surface area contributed by atoms with Gasteiger partial charge in [0.05, 0.1) is 28.1 Å². The molecule has 1 fully saturated rings. The summed E-state index contributed by atoms with van der Waals surface area (Å²) in [6.45, 7) is 2.66. The Kier molecular flexibility index (Phi) is 9.23. The first kappa shape index (κ1) is 29.4. The van der Waals surface area contributed by atoms with Crippen LogP contribution in [0.4, 0.5) is 5.69 Å². The van der Waals surface area contributed by atoms with E-state index >= 15 is 0 Å². The zero-order chi connectivity index (χ0) is 28.2. The maximum atomic E-state index is 13.5. The van der Waals surface area contributed by atoms with Gasteiger partial charge >= 0.3 is 0 Å². The van der Waals surface area contributed by atoms with Crippen molar-refractivity contribution in [3.63, 3.8) is 0 Å². The van der Waals surface area contributed by atoms with Gasteiger partial charge in [0.15, 0.2) is 9.84 Å². The third kappa shape index (κ3) is 7.95. The number of amides is 1. The Morgan fingerprint density at radius 3 is 2.54 bits per heavy atom. The lowest BCUT2D eigenvalue weighted by molar-refractivity contribution is -0.121. The molecule has 1 aliphatic carbocycles. The number of sulfonamides is 1. The number of halogens is 1. The monoisotopic (exact) mass is 594 g/mol. The van der Waals surface area contributed by atoms with E-state index in [0.29, 0.717) is 48.9 Å². The number of hydrogen-bond donors (Lipinski definition) is 2. The van der Waals surface area contributed by atoms with Gasteiger partial charge in [-0.2, -0.15) is 5.10 Å². The zero-order valence-corrected chi connectivity index (χ0v) is 24.6. The number of nitrogens with zero attached hydrogens (tertiary/aromatic N) is 2. The van der Waals surface area contributed by atoms with E-state index in [1.54, 1.807) is 37.3 Å². The van der Waals surface area contributed by atoms with E-state index in [-0.39, 0.29) is 21.6 Å². The second-order valence-corrected chi connectivity index (χ2v) is 14.7. The van der Waals surface area contributed by atoms with E-state index < -0.39 is 25.8 Å². The van der Waals surface area contributed by atoms with Crippen LogP contribution in [0.3, 0.4) is 0 Å². The molecule has 39 heavy (non-hydrogen) atoms. The van der Waals surface area contributed by atoms with E-state index in [4.69, 9.17) is 11.6 Å². The average Bonchev–Trinajstić information content (AvgIpc) is 3.53. The van der Waals surface area contributed by atoms with Crippen molar-refractivity contribution in [2.45, 2.75) is 62.8 Å². The maximum Gasteiger partial charge on any atom is 0.232 e. The smallest absolute Gasteiger partial charge is 0.232 e. The molecule has 1 atom stereocenters. The number of hydrogen-bond acceptors (Lipinski definition) is 7. The van der Waals surface area contributed by atoms with Crippen molar-refractivity contribution in [1.29, 1.82) is 0 Å². The molecule has 12 heteroatoms. The summed E-state index contributed by atoms with van der Waals surface area (Å²) in [5, 5.41) is 9.55. The summed E-state index contributed by atoms with van der Waals surface area (Å²) < 4.78 is 50.4. The molecular weight excluding hydrogens is 560 g/mol. The van der Waals surface area contributed by atoms with Crippen molar-refractivity contribution in [2.24, 2.45) is 11.0 Å². The third-order valence-electron chi connectivity index (χ3n) is 7.20. The van der Waals surface area contributed by atoms with Gasteiger partial charge in [0.25, 0.3) is 0 Å². The Morgan fingerprint density at radius 2 is 1.87 bits per heavy atom. The maximum absolute atomic E-state index is 13.5. The second-order valence-electron chi connectivity index (χ2n) is 10.3. The van der Waals surface area contributed by atoms with Crippen LogP contribution in [0.15, 0.2) is 52.5 Å². The Hall–Kier alpha value is -2.63. The van der Waals surface area contributed by atoms with Crippen LogP contribution in [0.5, 0.6) is 0 Å². The summed E-state index contributed by atoms with van der Waals surface area (Å²) in [7, 11) is -6.84. The van der Waals surface area contributed by atoms with E-state index in [2.05, 4.69) is 15.1 Å². The quantitative estimate of drug-likeness (QED) is 0.417. The highest BCUT2D eigenvalue weighted by Gasteiger charge is 2.29. The molecule has 0 bridgehead atoms. The number of benzene rings is 2. The molecule has 2 N–H and O–H groups in total. The zero-order valence-electron chi connectivity index (χ0n) is 22.2. The van der Waals surface area contributed by atoms with Gasteiger partial charge in [0, 0.05) is 24.9 Å². The highest BCUT2D eigenvalue weighted by molar-refractivity contribution is 7.92. The van der Waals surface area contributed by atoms with Crippen molar-refractivity contribution in [1.82, 2.24) is 10.3 Å². The molecule has 0 radical (unpaired) electrons. The lowest BCUT2D eigenvalue weighted by Crippen LogP contribution is -2.34. The number of hydrazone groups is 1. The largest absolute Gasteiger partial charge is 0.312 e. The number of amidine groups is 1. The number of sulfone groups is 1. The predicted molar refractivity (Wildman–Crippen MR) is 154 cm³/mol. The van der Waals surface area contributed by atoms with Crippen LogP contribution in [0.2, 0.25) is 5.02 Å². The summed E-state index contributed by atoms with van der Waals surface area (Å²) in [4.78, 5) is 13.6. The van der Waals surface area contributed by atoms with Crippen LogP contribution >= 0.6 is 11.6 Å². The van der Waals surface area contributed by atoms with Crippen LogP contribution in [0.1, 0.15) is 62.5 Å². The van der Waals surface area contributed by atoms with Crippen molar-refractivity contribution in [3.05, 3.63) is 58.6 Å². The Labute approximate surface area is 236 Å². The summed E-state index contributed by atoms with van der Waals surface area (Å²) in [5.41, 5.74) is 2.09. The molecule has 1 aliphatic heterocycles. The number of carbonyl (C=O) groups excluding carboxylic acids is 1. The van der Waals surface area contributed by atoms with Gasteiger partial charge in [-0.1, -0.05) is 55.5 Å². The molecule has 2 aliphatic rings. The van der Waals surface area contributed by atoms with Gasteiger partial charge in [0.2, 0.25) is 15.9 Å². The molecule has 212 valence electrons. The van der Waals surface area contributed by atoms with Crippen LogP contribution in [-0.2, 0) is 31.2 Å². The molecule has 0 spiro atoms. The van der Waals surface area contributed by atoms with Gasteiger partial charge in [0.1, 0.15) is 5.84 Å². The van der Waals surface area contributed by atoms with Crippen LogP contribution < -0.4 is 10.0 Å². The van der Waals surface area contributed by atoms with Gasteiger partial charge in [-0.3, -0.25) is 14.5 Å². The number of anilines is 1. The molecule has 1 amide bonds. The molecule has 0 unspecified atom stereocenters. The molecule has 4 rings (SSSR count). The number of carbonyl (C=O) groups is 1. The third-order valence-corrected chi connectivity index (χ3v) is 10.1. The average molecular weight is 595 g/mol. The first-order valence-corrected chi connectivity index (χ1v) is 17.1. The normalized spacial score (nSPS) is 17.2. The van der Waals surface area contributed by atoms with Gasteiger partial charge in [-0.05, 0) is 54.7 Å². The van der Waals surface area contributed by atoms with Crippen LogP contribution in [-0.4, -0.2) is 52.1 Å². The Morgan fingerprint density at radius 1 is 1.13 bits per heavy atom. The molecule has 0 saturated heterocycles. The summed E-state index contributed by atoms with van der Waals surface area (Å²) >= 11 is 6.32. The minimum Gasteiger partial charge on any atom is -0.312 e. The highest BCUT2D eigenvalue weighted by atomic mass is 35.5. The summed E-state index contributed by atoms with van der Waals surface area (Å²) in [5.74, 6) is 0.333. The predicted octanol–water partition coefficient (Wildman–Crippen LogP) is 4.50. The molecular formula is C27H35ClN4O5S2. The first-order valence-electron chi connectivity index (χ1n) is 13.2. The fourth-order valence-electron chi connectivity index (χ4n) is 5.14. The number of nitrogens with one attached hydrogen (secondary N) is 2. The SMILES string of the molecule is CCS(=O)(=O)Nc1cccc(CN2CCC(NC(=O)[C@H](CC3CCCC3)c3ccc(S(C)(=O)=O)c(Cl)c3)=N2)c1. The van der Waals surface area contributed by atoms with Crippen LogP contribution in [0.25, 0.3) is 0 Å². The van der Waals surface area contributed by atoms with Crippen LogP contribution in [0, 0.1) is 5.92 Å². The molecule has 2 aromatic rings. The molecule has 1 heterocycles. The van der Waals surface area contributed by atoms with Crippen molar-refractivity contribution in [2.75, 3.05) is 23.3 Å². The van der Waals surface area contributed by atoms with Gasteiger partial charge < -0.3 is 5.32 Å². The van der Waals surface area contributed by atoms with Gasteiger partial charge in [-0.25, -0.2) is 16.8 Å². The van der Waals surface area contributed by atoms with Crippen molar-refractivity contribution < 1.29 is 21.6 Å². The van der Waals surface area contributed by atoms with E-state index in [1.165, 1.54) is 6.07 Å². The first-order chi connectivity index (χ1) is 18.4. The molecule has 2 aromatic carbocycles. The Bertz CT molecular complexity index is 1450. The fourth-order valence-corrected chi connectivity index (χ4v) is 7.11. The van der Waals surface area contributed by atoms with Gasteiger partial charge in [-0.15, -0.1) is 0 Å². The number of rotatable bonds is 10. The lowest BCUT2D eigenvalue weighted by Gasteiger charge is -2.21. The Balaban J connectivity index is 1.47. The topological polar surface area (TPSA) is 125 Å². The summed E-state index contributed by atoms with van der Waals surface area (Å²) in [6.07, 6.45) is 6.78. The van der Waals surface area contributed by atoms with E-state index in [0.717, 1.165) is 37.5 Å². The molecule has 1 saturated carbocycles. The van der Waals surface area contributed by atoms with E-state index in [1.807, 2.05) is 11.1 Å². The summed E-state index contributed by atoms with van der Waals surface area (Å²) in [6, 6.07) is 11.9.